The Bertz CT molecular complexity index is 1640. The number of allylic oxidation sites excluding steroid dienone is 3. The Kier molecular flexibility index (Phi) is 9.84. The zero-order valence-corrected chi connectivity index (χ0v) is 27.9. The van der Waals surface area contributed by atoms with E-state index in [9.17, 15) is 35.9 Å². The molecule has 1 aromatic heterocycles. The number of amides is 1. The minimum Gasteiger partial charge on any atom is -0.496 e. The van der Waals surface area contributed by atoms with Crippen LogP contribution in [-0.2, 0) is 37.9 Å². The van der Waals surface area contributed by atoms with Crippen LogP contribution in [0.1, 0.15) is 79.5 Å². The average Bonchev–Trinajstić information content (AvgIpc) is 3.34. The van der Waals surface area contributed by atoms with Gasteiger partial charge in [0, 0.05) is 24.2 Å². The molecule has 6 rings (SSSR count). The van der Waals surface area contributed by atoms with Crippen LogP contribution in [0.4, 0.5) is 37.0 Å². The van der Waals surface area contributed by atoms with E-state index in [2.05, 4.69) is 11.0 Å². The molecule has 1 aromatic carbocycles. The molecule has 2 aliphatic carbocycles. The first-order valence-electron chi connectivity index (χ1n) is 16.7. The standard InChI is InChI=1S/C36H39F6N3O5/c1-20-32(24-15-25(35(37,38)39)18-26(16-24)36(40,41)42)50-34(47)45(20)19-29-27(10-12-31(43-29)44-13-4-14-44)28-17-23(9-11-30(28)48-2)21-5-7-22(8-6-21)33(46)49-3/h10-12,15-18,20-23,32H,4-9,13-14,19H2,1-3H3/t20-,21?,22?,23?,32-/m0/s1. The molecule has 3 fully saturated rings. The number of alkyl halides is 6. The maximum absolute atomic E-state index is 13.7. The first-order valence-corrected chi connectivity index (χ1v) is 16.7. The third-order valence-electron chi connectivity index (χ3n) is 10.4. The number of aromatic nitrogens is 1. The van der Waals surface area contributed by atoms with Crippen LogP contribution in [-0.4, -0.2) is 55.3 Å². The van der Waals surface area contributed by atoms with Gasteiger partial charge in [-0.05, 0) is 99.3 Å². The SMILES string of the molecule is COC(=O)C1CCC(C2C=C(c3ccc(N4CCC4)nc3CN3C(=O)O[C@H](c4cc(C(F)(F)F)cc(C(F)(F)F)c4)[C@@H]3C)C(OC)=CC2)CC1. The fourth-order valence-electron chi connectivity index (χ4n) is 7.45. The van der Waals surface area contributed by atoms with Crippen molar-refractivity contribution < 1.29 is 50.1 Å². The summed E-state index contributed by atoms with van der Waals surface area (Å²) in [5, 5.41) is 0. The normalized spacial score (nSPS) is 25.8. The van der Waals surface area contributed by atoms with E-state index in [0.717, 1.165) is 57.2 Å². The van der Waals surface area contributed by atoms with Crippen LogP contribution < -0.4 is 4.90 Å². The van der Waals surface area contributed by atoms with Crippen molar-refractivity contribution in [1.29, 1.82) is 0 Å². The van der Waals surface area contributed by atoms with E-state index >= 15 is 0 Å². The molecule has 2 aromatic rings. The molecule has 0 N–H and O–H groups in total. The largest absolute Gasteiger partial charge is 0.496 e. The van der Waals surface area contributed by atoms with Gasteiger partial charge in [0.05, 0.1) is 49.5 Å². The van der Waals surface area contributed by atoms with E-state index in [-0.39, 0.29) is 30.4 Å². The number of cyclic esters (lactones) is 1. The van der Waals surface area contributed by atoms with Gasteiger partial charge >= 0.3 is 24.4 Å². The molecule has 1 unspecified atom stereocenters. The Balaban J connectivity index is 1.32. The highest BCUT2D eigenvalue weighted by atomic mass is 19.4. The van der Waals surface area contributed by atoms with E-state index < -0.39 is 47.3 Å². The van der Waals surface area contributed by atoms with Gasteiger partial charge in [-0.25, -0.2) is 9.78 Å². The van der Waals surface area contributed by atoms with E-state index in [1.54, 1.807) is 7.11 Å². The van der Waals surface area contributed by atoms with Gasteiger partial charge in [-0.2, -0.15) is 26.3 Å². The van der Waals surface area contributed by atoms with Crippen molar-refractivity contribution >= 4 is 23.5 Å². The number of carbonyl (C=O) groups is 2. The molecule has 3 atom stereocenters. The lowest BCUT2D eigenvalue weighted by Crippen LogP contribution is -2.38. The topological polar surface area (TPSA) is 81.2 Å². The van der Waals surface area contributed by atoms with Gasteiger partial charge in [0.15, 0.2) is 0 Å². The first-order chi connectivity index (χ1) is 23.7. The Morgan fingerprint density at radius 2 is 1.64 bits per heavy atom. The monoisotopic (exact) mass is 707 g/mol. The number of halogens is 6. The number of esters is 1. The summed E-state index contributed by atoms with van der Waals surface area (Å²) in [6, 6.07) is 4.14. The molecule has 3 heterocycles. The Labute approximate surface area is 286 Å². The number of methoxy groups -OCH3 is 2. The molecule has 1 saturated carbocycles. The molecule has 4 aliphatic rings. The summed E-state index contributed by atoms with van der Waals surface area (Å²) in [6.45, 7) is 3.02. The molecule has 0 radical (unpaired) electrons. The predicted octanol–water partition coefficient (Wildman–Crippen LogP) is 8.32. The van der Waals surface area contributed by atoms with Gasteiger partial charge in [-0.15, -0.1) is 0 Å². The van der Waals surface area contributed by atoms with Gasteiger partial charge in [-0.1, -0.05) is 6.08 Å². The molecule has 2 aliphatic heterocycles. The lowest BCUT2D eigenvalue weighted by atomic mass is 9.72. The van der Waals surface area contributed by atoms with Crippen LogP contribution >= 0.6 is 0 Å². The number of carbonyl (C=O) groups excluding carboxylic acids is 2. The van der Waals surface area contributed by atoms with Crippen LogP contribution in [0.3, 0.4) is 0 Å². The second-order valence-electron chi connectivity index (χ2n) is 13.4. The van der Waals surface area contributed by atoms with Gasteiger partial charge < -0.3 is 19.1 Å². The summed E-state index contributed by atoms with van der Waals surface area (Å²) in [7, 11) is 2.97. The lowest BCUT2D eigenvalue weighted by molar-refractivity contribution is -0.147. The van der Waals surface area contributed by atoms with Crippen LogP contribution in [0.2, 0.25) is 0 Å². The first kappa shape index (κ1) is 35.6. The number of pyridine rings is 1. The number of hydrogen-bond acceptors (Lipinski definition) is 7. The molecular weight excluding hydrogens is 668 g/mol. The molecule has 8 nitrogen and oxygen atoms in total. The van der Waals surface area contributed by atoms with E-state index in [1.165, 1.54) is 18.9 Å². The molecule has 50 heavy (non-hydrogen) atoms. The predicted molar refractivity (Wildman–Crippen MR) is 170 cm³/mol. The average molecular weight is 708 g/mol. The van der Waals surface area contributed by atoms with E-state index in [1.807, 2.05) is 18.2 Å². The third-order valence-corrected chi connectivity index (χ3v) is 10.4. The minimum atomic E-state index is -5.05. The maximum Gasteiger partial charge on any atom is 0.416 e. The molecule has 0 spiro atoms. The van der Waals surface area contributed by atoms with Crippen molar-refractivity contribution in [1.82, 2.24) is 9.88 Å². The van der Waals surface area contributed by atoms with Crippen LogP contribution in [0.5, 0.6) is 0 Å². The fourth-order valence-corrected chi connectivity index (χ4v) is 7.45. The summed E-state index contributed by atoms with van der Waals surface area (Å²) in [6.07, 6.45) is -3.26. The lowest BCUT2D eigenvalue weighted by Gasteiger charge is -2.34. The van der Waals surface area contributed by atoms with Crippen LogP contribution in [0.25, 0.3) is 5.57 Å². The van der Waals surface area contributed by atoms with Crippen molar-refractivity contribution in [2.24, 2.45) is 17.8 Å². The van der Waals surface area contributed by atoms with Crippen LogP contribution in [0, 0.1) is 17.8 Å². The molecule has 14 heteroatoms. The zero-order valence-electron chi connectivity index (χ0n) is 27.9. The molecule has 0 bridgehead atoms. The fraction of sp³-hybridized carbons (Fsp3) is 0.528. The highest BCUT2D eigenvalue weighted by Gasteiger charge is 2.44. The van der Waals surface area contributed by atoms with E-state index in [4.69, 9.17) is 19.2 Å². The zero-order chi connectivity index (χ0) is 36.0. The quantitative estimate of drug-likeness (QED) is 0.202. The van der Waals surface area contributed by atoms with Crippen LogP contribution in [0.15, 0.2) is 48.2 Å². The number of ether oxygens (including phenoxy) is 3. The van der Waals surface area contributed by atoms with Crippen molar-refractivity contribution in [3.8, 4) is 0 Å². The van der Waals surface area contributed by atoms with Crippen molar-refractivity contribution in [2.75, 3.05) is 32.2 Å². The molecule has 1 amide bonds. The van der Waals surface area contributed by atoms with Gasteiger partial charge in [0.1, 0.15) is 17.7 Å². The number of rotatable bonds is 8. The van der Waals surface area contributed by atoms with Gasteiger partial charge in [-0.3, -0.25) is 9.69 Å². The third kappa shape index (κ3) is 7.16. The smallest absolute Gasteiger partial charge is 0.416 e. The molecular formula is C36H39F6N3O5. The summed E-state index contributed by atoms with van der Waals surface area (Å²) in [5.41, 5.74) is -1.40. The second kappa shape index (κ2) is 13.8. The summed E-state index contributed by atoms with van der Waals surface area (Å²) in [4.78, 5) is 33.7. The Hall–Kier alpha value is -4.23. The number of nitrogens with zero attached hydrogens (tertiary/aromatic N) is 3. The Morgan fingerprint density at radius 3 is 2.20 bits per heavy atom. The number of benzene rings is 1. The van der Waals surface area contributed by atoms with Crippen molar-refractivity contribution in [3.63, 3.8) is 0 Å². The summed E-state index contributed by atoms with van der Waals surface area (Å²) < 4.78 is 98.1. The van der Waals surface area contributed by atoms with E-state index in [0.29, 0.717) is 40.9 Å². The maximum atomic E-state index is 13.7. The molecule has 270 valence electrons. The second-order valence-corrected chi connectivity index (χ2v) is 13.4. The van der Waals surface area contributed by atoms with Gasteiger partial charge in [0.2, 0.25) is 0 Å². The van der Waals surface area contributed by atoms with Gasteiger partial charge in [0.25, 0.3) is 0 Å². The summed E-state index contributed by atoms with van der Waals surface area (Å²) in [5.74, 6) is 1.49. The number of anilines is 1. The Morgan fingerprint density at radius 1 is 0.980 bits per heavy atom. The molecule has 2 saturated heterocycles. The highest BCUT2D eigenvalue weighted by molar-refractivity contribution is 5.81. The van der Waals surface area contributed by atoms with Crippen molar-refractivity contribution in [2.45, 2.75) is 76.5 Å². The number of hydrogen-bond donors (Lipinski definition) is 0. The summed E-state index contributed by atoms with van der Waals surface area (Å²) >= 11 is 0. The van der Waals surface area contributed by atoms with Crippen molar-refractivity contribution in [3.05, 3.63) is 76.2 Å². The minimum absolute atomic E-state index is 0.0526. The highest BCUT2D eigenvalue weighted by Crippen LogP contribution is 2.44.